The van der Waals surface area contributed by atoms with Gasteiger partial charge < -0.3 is 5.32 Å². The molecule has 0 aromatic rings. The lowest BCUT2D eigenvalue weighted by Crippen LogP contribution is -2.19. The van der Waals surface area contributed by atoms with Crippen molar-refractivity contribution in [2.24, 2.45) is 5.92 Å². The Kier molecular flexibility index (Phi) is 5.08. The summed E-state index contributed by atoms with van der Waals surface area (Å²) in [5.74, 6) is 3.50. The third kappa shape index (κ3) is 5.90. The molecule has 12 heavy (non-hydrogen) atoms. The maximum Gasteiger partial charge on any atom is 0.00685 e. The molecule has 1 rings (SSSR count). The maximum atomic E-state index is 3.52. The molecule has 1 nitrogen and oxygen atoms in total. The van der Waals surface area contributed by atoms with Crippen LogP contribution in [0.5, 0.6) is 0 Å². The fourth-order valence-electron chi connectivity index (χ4n) is 1.04. The van der Waals surface area contributed by atoms with Gasteiger partial charge in [0.05, 0.1) is 0 Å². The second-order valence-corrected chi connectivity index (χ2v) is 5.25. The van der Waals surface area contributed by atoms with Crippen molar-refractivity contribution in [3.05, 3.63) is 0 Å². The summed E-state index contributed by atoms with van der Waals surface area (Å²) in [6.07, 6.45) is 4.20. The molecule has 0 unspecified atom stereocenters. The highest BCUT2D eigenvalue weighted by Gasteiger charge is 2.19. The summed E-state index contributed by atoms with van der Waals surface area (Å²) in [5, 5.41) is 3.52. The first kappa shape index (κ1) is 10.4. The average Bonchev–Trinajstić information content (AvgIpc) is 2.79. The summed E-state index contributed by atoms with van der Waals surface area (Å²) in [7, 11) is 0. The Balaban J connectivity index is 1.70. The fourth-order valence-corrected chi connectivity index (χ4v) is 2.15. The van der Waals surface area contributed by atoms with Crippen LogP contribution in [0.2, 0.25) is 0 Å². The van der Waals surface area contributed by atoms with Crippen molar-refractivity contribution in [1.29, 1.82) is 0 Å². The van der Waals surface area contributed by atoms with Crippen LogP contribution in [0.25, 0.3) is 0 Å². The monoisotopic (exact) mass is 187 g/mol. The first-order chi connectivity index (χ1) is 5.79. The summed E-state index contributed by atoms with van der Waals surface area (Å²) < 4.78 is 0. The molecule has 0 heterocycles. The SMILES string of the molecule is CC(C)CCSCCNC1CC1. The third-order valence-corrected chi connectivity index (χ3v) is 3.11. The van der Waals surface area contributed by atoms with Crippen LogP contribution < -0.4 is 5.32 Å². The summed E-state index contributed by atoms with van der Waals surface area (Å²) in [5.41, 5.74) is 0. The minimum atomic E-state index is 0.869. The van der Waals surface area contributed by atoms with Crippen molar-refractivity contribution < 1.29 is 0 Å². The van der Waals surface area contributed by atoms with E-state index in [0.29, 0.717) is 0 Å². The van der Waals surface area contributed by atoms with Crippen LogP contribution in [0.3, 0.4) is 0 Å². The molecular weight excluding hydrogens is 166 g/mol. The lowest BCUT2D eigenvalue weighted by molar-refractivity contribution is 0.631. The fraction of sp³-hybridized carbons (Fsp3) is 1.00. The number of hydrogen-bond donors (Lipinski definition) is 1. The molecule has 72 valence electrons. The van der Waals surface area contributed by atoms with Gasteiger partial charge in [-0.15, -0.1) is 0 Å². The van der Waals surface area contributed by atoms with Gasteiger partial charge >= 0.3 is 0 Å². The van der Waals surface area contributed by atoms with Gasteiger partial charge in [-0.3, -0.25) is 0 Å². The van der Waals surface area contributed by atoms with E-state index >= 15 is 0 Å². The van der Waals surface area contributed by atoms with Crippen LogP contribution in [-0.2, 0) is 0 Å². The Labute approximate surface area is 80.7 Å². The number of rotatable bonds is 7. The molecule has 1 fully saturated rings. The summed E-state index contributed by atoms with van der Waals surface area (Å²) >= 11 is 2.09. The predicted octanol–water partition coefficient (Wildman–Crippen LogP) is 2.52. The van der Waals surface area contributed by atoms with Gasteiger partial charge in [0.1, 0.15) is 0 Å². The van der Waals surface area contributed by atoms with Gasteiger partial charge in [-0.1, -0.05) is 13.8 Å². The van der Waals surface area contributed by atoms with Gasteiger partial charge in [-0.2, -0.15) is 11.8 Å². The van der Waals surface area contributed by atoms with Crippen molar-refractivity contribution in [1.82, 2.24) is 5.32 Å². The van der Waals surface area contributed by atoms with E-state index in [1.165, 1.54) is 37.3 Å². The third-order valence-electron chi connectivity index (χ3n) is 2.10. The molecule has 0 spiro atoms. The van der Waals surface area contributed by atoms with E-state index in [4.69, 9.17) is 0 Å². The number of thioether (sulfide) groups is 1. The van der Waals surface area contributed by atoms with Crippen molar-refractivity contribution in [3.8, 4) is 0 Å². The Hall–Kier alpha value is 0.310. The molecule has 1 aliphatic rings. The lowest BCUT2D eigenvalue weighted by Gasteiger charge is -2.04. The van der Waals surface area contributed by atoms with Gasteiger partial charge in [0.25, 0.3) is 0 Å². The summed E-state index contributed by atoms with van der Waals surface area (Å²) in [6, 6.07) is 0.885. The van der Waals surface area contributed by atoms with Gasteiger partial charge in [0, 0.05) is 18.3 Å². The molecule has 1 N–H and O–H groups in total. The molecule has 0 bridgehead atoms. The average molecular weight is 187 g/mol. The van der Waals surface area contributed by atoms with Crippen LogP contribution in [-0.4, -0.2) is 24.1 Å². The van der Waals surface area contributed by atoms with Gasteiger partial charge in [-0.25, -0.2) is 0 Å². The van der Waals surface area contributed by atoms with E-state index in [0.717, 1.165) is 12.0 Å². The first-order valence-electron chi connectivity index (χ1n) is 5.10. The second kappa shape index (κ2) is 5.87. The van der Waals surface area contributed by atoms with Crippen molar-refractivity contribution >= 4 is 11.8 Å². The molecule has 0 radical (unpaired) electrons. The highest BCUT2D eigenvalue weighted by molar-refractivity contribution is 7.99. The van der Waals surface area contributed by atoms with Gasteiger partial charge in [0.2, 0.25) is 0 Å². The molecule has 1 saturated carbocycles. The van der Waals surface area contributed by atoms with Crippen LogP contribution in [0.4, 0.5) is 0 Å². The predicted molar refractivity (Wildman–Crippen MR) is 57.8 cm³/mol. The van der Waals surface area contributed by atoms with E-state index in [2.05, 4.69) is 30.9 Å². The van der Waals surface area contributed by atoms with Gasteiger partial charge in [-0.05, 0) is 30.9 Å². The largest absolute Gasteiger partial charge is 0.313 e. The molecule has 1 aliphatic carbocycles. The topological polar surface area (TPSA) is 12.0 Å². The lowest BCUT2D eigenvalue weighted by atomic mass is 10.2. The van der Waals surface area contributed by atoms with Gasteiger partial charge in [0.15, 0.2) is 0 Å². The normalized spacial score (nSPS) is 17.2. The molecular formula is C10H21NS. The van der Waals surface area contributed by atoms with Crippen LogP contribution in [0.15, 0.2) is 0 Å². The highest BCUT2D eigenvalue weighted by Crippen LogP contribution is 2.18. The Morgan fingerprint density at radius 3 is 2.67 bits per heavy atom. The molecule has 0 aromatic heterocycles. The first-order valence-corrected chi connectivity index (χ1v) is 6.25. The molecule has 0 aromatic carbocycles. The molecule has 2 heteroatoms. The molecule has 0 aliphatic heterocycles. The van der Waals surface area contributed by atoms with Crippen molar-refractivity contribution in [2.45, 2.75) is 39.2 Å². The van der Waals surface area contributed by atoms with Crippen LogP contribution in [0.1, 0.15) is 33.1 Å². The van der Waals surface area contributed by atoms with E-state index in [9.17, 15) is 0 Å². The summed E-state index contributed by atoms with van der Waals surface area (Å²) in [4.78, 5) is 0. The zero-order valence-electron chi connectivity index (χ0n) is 8.31. The van der Waals surface area contributed by atoms with E-state index in [1.54, 1.807) is 0 Å². The highest BCUT2D eigenvalue weighted by atomic mass is 32.2. The quantitative estimate of drug-likeness (QED) is 0.615. The van der Waals surface area contributed by atoms with Crippen LogP contribution in [0, 0.1) is 5.92 Å². The van der Waals surface area contributed by atoms with Crippen molar-refractivity contribution in [2.75, 3.05) is 18.1 Å². The number of hydrogen-bond acceptors (Lipinski definition) is 2. The van der Waals surface area contributed by atoms with E-state index < -0.39 is 0 Å². The summed E-state index contributed by atoms with van der Waals surface area (Å²) in [6.45, 7) is 5.81. The Morgan fingerprint density at radius 2 is 2.08 bits per heavy atom. The van der Waals surface area contributed by atoms with Crippen LogP contribution >= 0.6 is 11.8 Å². The van der Waals surface area contributed by atoms with E-state index in [-0.39, 0.29) is 0 Å². The Bertz CT molecular complexity index is 104. The zero-order valence-corrected chi connectivity index (χ0v) is 9.12. The minimum absolute atomic E-state index is 0.869. The standard InChI is InChI=1S/C10H21NS/c1-9(2)5-7-12-8-6-11-10-3-4-10/h9-11H,3-8H2,1-2H3. The maximum absolute atomic E-state index is 3.52. The zero-order chi connectivity index (χ0) is 8.81. The Morgan fingerprint density at radius 1 is 1.33 bits per heavy atom. The molecule has 0 atom stereocenters. The van der Waals surface area contributed by atoms with E-state index in [1.807, 2.05) is 0 Å². The van der Waals surface area contributed by atoms with Crippen molar-refractivity contribution in [3.63, 3.8) is 0 Å². The molecule has 0 amide bonds. The molecule has 0 saturated heterocycles. The second-order valence-electron chi connectivity index (χ2n) is 4.02. The number of nitrogens with one attached hydrogen (secondary N) is 1. The smallest absolute Gasteiger partial charge is 0.00685 e. The minimum Gasteiger partial charge on any atom is -0.313 e.